The summed E-state index contributed by atoms with van der Waals surface area (Å²) < 4.78 is 5.13. The molecule has 6 nitrogen and oxygen atoms in total. The number of nitrogens with zero attached hydrogens (tertiary/aromatic N) is 4. The number of hydrogen-bond acceptors (Lipinski definition) is 6. The van der Waals surface area contributed by atoms with Crippen molar-refractivity contribution in [3.8, 4) is 0 Å². The molecule has 0 spiro atoms. The molecule has 1 aliphatic rings. The Bertz CT molecular complexity index is 659. The minimum Gasteiger partial charge on any atom is -0.340 e. The first-order chi connectivity index (χ1) is 11.1. The van der Waals surface area contributed by atoms with Crippen LogP contribution in [0, 0.1) is 6.92 Å². The molecule has 0 N–H and O–H groups in total. The molecule has 0 aliphatic carbocycles. The molecule has 1 fully saturated rings. The fraction of sp³-hybridized carbons (Fsp3) is 0.562. The van der Waals surface area contributed by atoms with Crippen LogP contribution in [0.2, 0.25) is 0 Å². The molecule has 2 aromatic rings. The van der Waals surface area contributed by atoms with E-state index >= 15 is 0 Å². The van der Waals surface area contributed by atoms with Crippen molar-refractivity contribution < 1.29 is 9.32 Å². The Morgan fingerprint density at radius 2 is 2.09 bits per heavy atom. The number of thiophene rings is 1. The van der Waals surface area contributed by atoms with E-state index in [0.717, 1.165) is 43.3 Å². The molecule has 0 aromatic carbocycles. The predicted octanol–water partition coefficient (Wildman–Crippen LogP) is 1.89. The zero-order valence-corrected chi connectivity index (χ0v) is 14.4. The molecular formula is C16H22N4O2S. The van der Waals surface area contributed by atoms with E-state index < -0.39 is 0 Å². The number of aryl methyl sites for hydroxylation is 2. The van der Waals surface area contributed by atoms with Gasteiger partial charge in [0.05, 0.1) is 13.0 Å². The fourth-order valence-electron chi connectivity index (χ4n) is 2.69. The molecule has 1 saturated heterocycles. The van der Waals surface area contributed by atoms with Gasteiger partial charge in [0.2, 0.25) is 11.8 Å². The van der Waals surface area contributed by atoms with E-state index in [9.17, 15) is 4.79 Å². The topological polar surface area (TPSA) is 62.5 Å². The quantitative estimate of drug-likeness (QED) is 0.835. The SMILES string of the molecule is CCc1nc(CN2CCN(C(=O)Cc3ccc(C)s3)CC2)no1. The summed E-state index contributed by atoms with van der Waals surface area (Å²) in [5.41, 5.74) is 0. The number of amides is 1. The maximum atomic E-state index is 12.4. The second kappa shape index (κ2) is 7.23. The van der Waals surface area contributed by atoms with Crippen molar-refractivity contribution in [1.82, 2.24) is 19.9 Å². The maximum absolute atomic E-state index is 12.4. The van der Waals surface area contributed by atoms with Crippen LogP contribution in [0.4, 0.5) is 0 Å². The van der Waals surface area contributed by atoms with Crippen molar-refractivity contribution >= 4 is 17.2 Å². The highest BCUT2D eigenvalue weighted by molar-refractivity contribution is 7.12. The summed E-state index contributed by atoms with van der Waals surface area (Å²) in [5.74, 6) is 1.63. The first-order valence-corrected chi connectivity index (χ1v) is 8.82. The molecule has 0 unspecified atom stereocenters. The summed E-state index contributed by atoms with van der Waals surface area (Å²) >= 11 is 1.70. The number of aromatic nitrogens is 2. The molecule has 124 valence electrons. The molecule has 23 heavy (non-hydrogen) atoms. The Kier molecular flexibility index (Phi) is 5.07. The van der Waals surface area contributed by atoms with Crippen LogP contribution in [-0.2, 0) is 24.2 Å². The van der Waals surface area contributed by atoms with Crippen LogP contribution in [0.3, 0.4) is 0 Å². The predicted molar refractivity (Wildman–Crippen MR) is 88.3 cm³/mol. The lowest BCUT2D eigenvalue weighted by atomic mass is 10.2. The third kappa shape index (κ3) is 4.17. The minimum atomic E-state index is 0.222. The van der Waals surface area contributed by atoms with Crippen molar-refractivity contribution in [2.45, 2.75) is 33.2 Å². The third-order valence-corrected chi connectivity index (χ3v) is 5.02. The molecule has 0 saturated carbocycles. The van der Waals surface area contributed by atoms with E-state index in [1.54, 1.807) is 11.3 Å². The Morgan fingerprint density at radius 3 is 2.70 bits per heavy atom. The molecule has 2 aromatic heterocycles. The summed E-state index contributed by atoms with van der Waals surface area (Å²) in [7, 11) is 0. The molecule has 0 radical (unpaired) electrons. The minimum absolute atomic E-state index is 0.222. The van der Waals surface area contributed by atoms with Gasteiger partial charge in [-0.25, -0.2) is 0 Å². The van der Waals surface area contributed by atoms with Crippen molar-refractivity contribution in [1.29, 1.82) is 0 Å². The monoisotopic (exact) mass is 334 g/mol. The lowest BCUT2D eigenvalue weighted by Gasteiger charge is -2.34. The van der Waals surface area contributed by atoms with E-state index in [1.807, 2.05) is 11.8 Å². The summed E-state index contributed by atoms with van der Waals surface area (Å²) in [6.07, 6.45) is 1.28. The second-order valence-corrected chi connectivity index (χ2v) is 7.18. The van der Waals surface area contributed by atoms with Crippen LogP contribution in [-0.4, -0.2) is 52.0 Å². The van der Waals surface area contributed by atoms with Crippen molar-refractivity contribution in [3.63, 3.8) is 0 Å². The van der Waals surface area contributed by atoms with Gasteiger partial charge in [-0.15, -0.1) is 11.3 Å². The van der Waals surface area contributed by atoms with E-state index in [-0.39, 0.29) is 5.91 Å². The van der Waals surface area contributed by atoms with Gasteiger partial charge in [0, 0.05) is 42.4 Å². The smallest absolute Gasteiger partial charge is 0.227 e. The molecule has 1 aliphatic heterocycles. The normalized spacial score (nSPS) is 16.0. The highest BCUT2D eigenvalue weighted by Crippen LogP contribution is 2.17. The van der Waals surface area contributed by atoms with Crippen LogP contribution in [0.15, 0.2) is 16.7 Å². The largest absolute Gasteiger partial charge is 0.340 e. The van der Waals surface area contributed by atoms with Gasteiger partial charge in [0.15, 0.2) is 5.82 Å². The summed E-state index contributed by atoms with van der Waals surface area (Å²) in [6, 6.07) is 4.12. The van der Waals surface area contributed by atoms with Gasteiger partial charge in [-0.2, -0.15) is 4.98 Å². The number of carbonyl (C=O) groups excluding carboxylic acids is 1. The number of hydrogen-bond donors (Lipinski definition) is 0. The van der Waals surface area contributed by atoms with Crippen molar-refractivity contribution in [2.75, 3.05) is 26.2 Å². The molecule has 7 heteroatoms. The third-order valence-electron chi connectivity index (χ3n) is 4.02. The second-order valence-electron chi connectivity index (χ2n) is 5.80. The number of rotatable bonds is 5. The van der Waals surface area contributed by atoms with E-state index in [0.29, 0.717) is 18.9 Å². The average molecular weight is 334 g/mol. The van der Waals surface area contributed by atoms with Gasteiger partial charge in [0.1, 0.15) is 0 Å². The Labute approximate surface area is 140 Å². The summed E-state index contributed by atoms with van der Waals surface area (Å²) in [6.45, 7) is 7.99. The Balaban J connectivity index is 1.47. The summed E-state index contributed by atoms with van der Waals surface area (Å²) in [5, 5.41) is 3.99. The zero-order valence-electron chi connectivity index (χ0n) is 13.6. The maximum Gasteiger partial charge on any atom is 0.227 e. The van der Waals surface area contributed by atoms with Gasteiger partial charge < -0.3 is 9.42 Å². The first-order valence-electron chi connectivity index (χ1n) is 8.01. The van der Waals surface area contributed by atoms with Gasteiger partial charge in [-0.05, 0) is 19.1 Å². The van der Waals surface area contributed by atoms with Crippen molar-refractivity contribution in [2.24, 2.45) is 0 Å². The van der Waals surface area contributed by atoms with Crippen LogP contribution in [0.1, 0.15) is 28.4 Å². The number of piperazine rings is 1. The molecule has 3 rings (SSSR count). The standard InChI is InChI=1S/C16H22N4O2S/c1-3-15-17-14(18-22-15)11-19-6-8-20(9-7-19)16(21)10-13-5-4-12(2)23-13/h4-5H,3,6-11H2,1-2H3. The van der Waals surface area contributed by atoms with Crippen LogP contribution >= 0.6 is 11.3 Å². The van der Waals surface area contributed by atoms with E-state index in [4.69, 9.17) is 4.52 Å². The fourth-order valence-corrected chi connectivity index (χ4v) is 3.58. The van der Waals surface area contributed by atoms with Gasteiger partial charge in [-0.3, -0.25) is 9.69 Å². The highest BCUT2D eigenvalue weighted by Gasteiger charge is 2.22. The molecule has 1 amide bonds. The molecule has 0 bridgehead atoms. The summed E-state index contributed by atoms with van der Waals surface area (Å²) in [4.78, 5) is 23.3. The van der Waals surface area contributed by atoms with Crippen molar-refractivity contribution in [3.05, 3.63) is 33.6 Å². The Hall–Kier alpha value is -1.73. The number of carbonyl (C=O) groups is 1. The van der Waals surface area contributed by atoms with Crippen LogP contribution < -0.4 is 0 Å². The average Bonchev–Trinajstić information content (AvgIpc) is 3.17. The van der Waals surface area contributed by atoms with Gasteiger partial charge in [-0.1, -0.05) is 12.1 Å². The van der Waals surface area contributed by atoms with Crippen LogP contribution in [0.25, 0.3) is 0 Å². The van der Waals surface area contributed by atoms with E-state index in [2.05, 4.69) is 34.1 Å². The zero-order chi connectivity index (χ0) is 16.2. The molecule has 0 atom stereocenters. The lowest BCUT2D eigenvalue weighted by molar-refractivity contribution is -0.132. The lowest BCUT2D eigenvalue weighted by Crippen LogP contribution is -2.48. The molecular weight excluding hydrogens is 312 g/mol. The molecule has 3 heterocycles. The van der Waals surface area contributed by atoms with Gasteiger partial charge >= 0.3 is 0 Å². The van der Waals surface area contributed by atoms with Gasteiger partial charge in [0.25, 0.3) is 0 Å². The van der Waals surface area contributed by atoms with Crippen LogP contribution in [0.5, 0.6) is 0 Å². The highest BCUT2D eigenvalue weighted by atomic mass is 32.1. The first kappa shape index (κ1) is 16.1. The van der Waals surface area contributed by atoms with E-state index in [1.165, 1.54) is 4.88 Å². The Morgan fingerprint density at radius 1 is 1.30 bits per heavy atom.